The first-order chi connectivity index (χ1) is 11.5. The molecular formula is C19H36N2O3. The number of nitrogens with two attached hydrogens (primary N) is 1. The summed E-state index contributed by atoms with van der Waals surface area (Å²) in [4.78, 5) is 23.5. The van der Waals surface area contributed by atoms with Gasteiger partial charge in [0, 0.05) is 0 Å². The fourth-order valence-corrected chi connectivity index (χ4v) is 4.06. The van der Waals surface area contributed by atoms with E-state index in [1.165, 1.54) is 32.1 Å². The Bertz CT molecular complexity index is 381. The van der Waals surface area contributed by atoms with Crippen molar-refractivity contribution in [1.29, 1.82) is 0 Å². The van der Waals surface area contributed by atoms with E-state index in [4.69, 9.17) is 5.73 Å². The molecule has 1 rings (SSSR count). The number of carboxylic acid groups (broad SMARTS) is 1. The molecular weight excluding hydrogens is 304 g/mol. The van der Waals surface area contributed by atoms with Gasteiger partial charge in [0.1, 0.15) is 5.54 Å². The Hall–Kier alpha value is -1.26. The van der Waals surface area contributed by atoms with Gasteiger partial charge in [-0.25, -0.2) is 9.59 Å². The van der Waals surface area contributed by atoms with E-state index in [0.29, 0.717) is 6.42 Å². The SMILES string of the molecule is CCCCCCCCCCC(NC(N)=O)(C(=O)O)C1CCCCC1. The van der Waals surface area contributed by atoms with Crippen molar-refractivity contribution in [3.05, 3.63) is 0 Å². The van der Waals surface area contributed by atoms with Crippen LogP contribution in [0.4, 0.5) is 4.79 Å². The summed E-state index contributed by atoms with van der Waals surface area (Å²) in [7, 11) is 0. The van der Waals surface area contributed by atoms with Crippen LogP contribution in [0.25, 0.3) is 0 Å². The van der Waals surface area contributed by atoms with E-state index < -0.39 is 17.5 Å². The van der Waals surface area contributed by atoms with Crippen LogP contribution in [-0.4, -0.2) is 22.6 Å². The molecule has 5 nitrogen and oxygen atoms in total. The number of unbranched alkanes of at least 4 members (excludes halogenated alkanes) is 7. The first-order valence-electron chi connectivity index (χ1n) is 9.84. The quantitative estimate of drug-likeness (QED) is 0.454. The Kier molecular flexibility index (Phi) is 9.80. The molecule has 0 aromatic rings. The number of nitrogens with one attached hydrogen (secondary N) is 1. The van der Waals surface area contributed by atoms with Gasteiger partial charge in [0.25, 0.3) is 0 Å². The Morgan fingerprint density at radius 2 is 1.54 bits per heavy atom. The number of rotatable bonds is 12. The second-order valence-electron chi connectivity index (χ2n) is 7.33. The van der Waals surface area contributed by atoms with E-state index in [0.717, 1.165) is 51.4 Å². The molecule has 1 aliphatic rings. The topological polar surface area (TPSA) is 92.4 Å². The first-order valence-corrected chi connectivity index (χ1v) is 9.84. The van der Waals surface area contributed by atoms with E-state index >= 15 is 0 Å². The van der Waals surface area contributed by atoms with Gasteiger partial charge in [-0.05, 0) is 25.2 Å². The van der Waals surface area contributed by atoms with Crippen molar-refractivity contribution < 1.29 is 14.7 Å². The third-order valence-electron chi connectivity index (χ3n) is 5.45. The number of carbonyl (C=O) groups excluding carboxylic acids is 1. The van der Waals surface area contributed by atoms with Crippen LogP contribution in [0.15, 0.2) is 0 Å². The minimum Gasteiger partial charge on any atom is -0.479 e. The summed E-state index contributed by atoms with van der Waals surface area (Å²) >= 11 is 0. The van der Waals surface area contributed by atoms with Gasteiger partial charge in [0.05, 0.1) is 0 Å². The molecule has 0 aromatic heterocycles. The molecule has 0 radical (unpaired) electrons. The maximum atomic E-state index is 12.0. The van der Waals surface area contributed by atoms with Crippen molar-refractivity contribution >= 4 is 12.0 Å². The molecule has 0 saturated heterocycles. The fraction of sp³-hybridized carbons (Fsp3) is 0.895. The zero-order chi connectivity index (χ0) is 17.8. The number of urea groups is 1. The lowest BCUT2D eigenvalue weighted by molar-refractivity contribution is -0.148. The van der Waals surface area contributed by atoms with Gasteiger partial charge < -0.3 is 16.2 Å². The second kappa shape index (κ2) is 11.3. The van der Waals surface area contributed by atoms with Gasteiger partial charge in [0.15, 0.2) is 0 Å². The monoisotopic (exact) mass is 340 g/mol. The highest BCUT2D eigenvalue weighted by Gasteiger charge is 2.46. The molecule has 2 amide bonds. The minimum atomic E-state index is -1.17. The Morgan fingerprint density at radius 3 is 2.04 bits per heavy atom. The summed E-state index contributed by atoms with van der Waals surface area (Å²) in [5.41, 5.74) is 4.14. The zero-order valence-corrected chi connectivity index (χ0v) is 15.3. The van der Waals surface area contributed by atoms with Crippen LogP contribution >= 0.6 is 0 Å². The number of hydrogen-bond donors (Lipinski definition) is 3. The summed E-state index contributed by atoms with van der Waals surface area (Å²) in [6, 6.07) is -0.720. The molecule has 1 fully saturated rings. The number of primary amides is 1. The Labute approximate surface area is 146 Å². The maximum Gasteiger partial charge on any atom is 0.329 e. The molecule has 1 atom stereocenters. The average Bonchev–Trinajstić information content (AvgIpc) is 2.56. The van der Waals surface area contributed by atoms with Gasteiger partial charge in [-0.3, -0.25) is 0 Å². The molecule has 24 heavy (non-hydrogen) atoms. The predicted molar refractivity (Wildman–Crippen MR) is 96.9 cm³/mol. The summed E-state index contributed by atoms with van der Waals surface area (Å²) in [5.74, 6) is -0.919. The highest BCUT2D eigenvalue weighted by molar-refractivity contribution is 5.86. The molecule has 0 spiro atoms. The first kappa shape index (κ1) is 20.8. The van der Waals surface area contributed by atoms with Gasteiger partial charge in [-0.15, -0.1) is 0 Å². The number of amides is 2. The van der Waals surface area contributed by atoms with Crippen molar-refractivity contribution in [3.8, 4) is 0 Å². The summed E-state index contributed by atoms with van der Waals surface area (Å²) in [5, 5.41) is 12.5. The van der Waals surface area contributed by atoms with Crippen LogP contribution in [0, 0.1) is 5.92 Å². The lowest BCUT2D eigenvalue weighted by Gasteiger charge is -2.39. The van der Waals surface area contributed by atoms with Crippen molar-refractivity contribution in [3.63, 3.8) is 0 Å². The van der Waals surface area contributed by atoms with Crippen LogP contribution < -0.4 is 11.1 Å². The van der Waals surface area contributed by atoms with E-state index in [9.17, 15) is 14.7 Å². The van der Waals surface area contributed by atoms with E-state index in [2.05, 4.69) is 12.2 Å². The van der Waals surface area contributed by atoms with E-state index in [-0.39, 0.29) is 5.92 Å². The van der Waals surface area contributed by atoms with Gasteiger partial charge in [-0.2, -0.15) is 0 Å². The average molecular weight is 341 g/mol. The Morgan fingerprint density at radius 1 is 1.00 bits per heavy atom. The molecule has 5 heteroatoms. The van der Waals surface area contributed by atoms with Crippen LogP contribution in [-0.2, 0) is 4.79 Å². The number of carbonyl (C=O) groups is 2. The molecule has 4 N–H and O–H groups in total. The fourth-order valence-electron chi connectivity index (χ4n) is 4.06. The molecule has 0 bridgehead atoms. The van der Waals surface area contributed by atoms with Crippen LogP contribution in [0.5, 0.6) is 0 Å². The number of carboxylic acids is 1. The van der Waals surface area contributed by atoms with Crippen molar-refractivity contribution in [2.24, 2.45) is 11.7 Å². The van der Waals surface area contributed by atoms with Crippen LogP contribution in [0.2, 0.25) is 0 Å². The van der Waals surface area contributed by atoms with Crippen LogP contribution in [0.1, 0.15) is 96.8 Å². The molecule has 0 aromatic carbocycles. The number of hydrogen-bond acceptors (Lipinski definition) is 2. The molecule has 0 aliphatic heterocycles. The second-order valence-corrected chi connectivity index (χ2v) is 7.33. The largest absolute Gasteiger partial charge is 0.479 e. The van der Waals surface area contributed by atoms with Gasteiger partial charge >= 0.3 is 12.0 Å². The van der Waals surface area contributed by atoms with Crippen LogP contribution in [0.3, 0.4) is 0 Å². The smallest absolute Gasteiger partial charge is 0.329 e. The van der Waals surface area contributed by atoms with E-state index in [1.54, 1.807) is 0 Å². The molecule has 1 unspecified atom stereocenters. The summed E-state index contributed by atoms with van der Waals surface area (Å²) in [6.07, 6.45) is 14.8. The normalized spacial score (nSPS) is 18.0. The lowest BCUT2D eigenvalue weighted by Crippen LogP contribution is -2.61. The zero-order valence-electron chi connectivity index (χ0n) is 15.3. The highest BCUT2D eigenvalue weighted by atomic mass is 16.4. The highest BCUT2D eigenvalue weighted by Crippen LogP contribution is 2.36. The molecule has 140 valence electrons. The third-order valence-corrected chi connectivity index (χ3v) is 5.45. The molecule has 0 heterocycles. The molecule has 1 aliphatic carbocycles. The minimum absolute atomic E-state index is 0.000745. The summed E-state index contributed by atoms with van der Waals surface area (Å²) < 4.78 is 0. The lowest BCUT2D eigenvalue weighted by atomic mass is 9.72. The number of aliphatic carboxylic acids is 1. The Balaban J connectivity index is 2.51. The molecule has 1 saturated carbocycles. The third kappa shape index (κ3) is 6.70. The van der Waals surface area contributed by atoms with Gasteiger partial charge in [0.2, 0.25) is 0 Å². The standard InChI is InChI=1S/C19H36N2O3/c1-2-3-4-5-6-7-8-12-15-19(17(22)23,21-18(20)24)16-13-10-9-11-14-16/h16H,2-15H2,1H3,(H,22,23)(H3,20,21,24). The predicted octanol–water partition coefficient (Wildman–Crippen LogP) is 4.59. The van der Waals surface area contributed by atoms with Crippen molar-refractivity contribution in [2.75, 3.05) is 0 Å². The van der Waals surface area contributed by atoms with E-state index in [1.807, 2.05) is 0 Å². The van der Waals surface area contributed by atoms with Crippen molar-refractivity contribution in [1.82, 2.24) is 5.32 Å². The van der Waals surface area contributed by atoms with Crippen molar-refractivity contribution in [2.45, 2.75) is 102 Å². The van der Waals surface area contributed by atoms with Gasteiger partial charge in [-0.1, -0.05) is 77.6 Å². The summed E-state index contributed by atoms with van der Waals surface area (Å²) in [6.45, 7) is 2.21. The maximum absolute atomic E-state index is 12.0.